The van der Waals surface area contributed by atoms with Gasteiger partial charge in [0.1, 0.15) is 11.5 Å². The molecule has 0 aliphatic rings. The van der Waals surface area contributed by atoms with Gasteiger partial charge in [0.25, 0.3) is 0 Å². The molecule has 2 aromatic rings. The summed E-state index contributed by atoms with van der Waals surface area (Å²) in [5.41, 5.74) is 1.87. The predicted octanol–water partition coefficient (Wildman–Crippen LogP) is 2.39. The van der Waals surface area contributed by atoms with E-state index in [0.717, 1.165) is 13.0 Å². The Balaban J connectivity index is 1.91. The molecule has 4 heteroatoms. The van der Waals surface area contributed by atoms with Crippen molar-refractivity contribution in [3.63, 3.8) is 0 Å². The second-order valence-electron chi connectivity index (χ2n) is 4.53. The molecule has 1 aromatic carbocycles. The number of nitrogens with one attached hydrogen (secondary N) is 1. The molecule has 0 bridgehead atoms. The van der Waals surface area contributed by atoms with E-state index in [-0.39, 0.29) is 17.5 Å². The van der Waals surface area contributed by atoms with Crippen LogP contribution in [0.15, 0.2) is 42.7 Å². The van der Waals surface area contributed by atoms with Crippen LogP contribution in [-0.4, -0.2) is 21.7 Å². The topological polar surface area (TPSA) is 65.4 Å². The highest BCUT2D eigenvalue weighted by Gasteiger charge is 2.10. The SMILES string of the molecule is CC(NCCc1cccnc1)c1cc(O)ccc1O. The van der Waals surface area contributed by atoms with Crippen LogP contribution in [0, 0.1) is 0 Å². The molecule has 1 unspecified atom stereocenters. The van der Waals surface area contributed by atoms with Gasteiger partial charge in [-0.3, -0.25) is 4.98 Å². The van der Waals surface area contributed by atoms with E-state index in [1.807, 2.05) is 25.3 Å². The third-order valence-corrected chi connectivity index (χ3v) is 3.06. The van der Waals surface area contributed by atoms with Gasteiger partial charge in [0.2, 0.25) is 0 Å². The molecule has 1 aromatic heterocycles. The van der Waals surface area contributed by atoms with Crippen molar-refractivity contribution < 1.29 is 10.2 Å². The minimum atomic E-state index is -0.0243. The van der Waals surface area contributed by atoms with Gasteiger partial charge in [-0.2, -0.15) is 0 Å². The summed E-state index contributed by atoms with van der Waals surface area (Å²) in [6, 6.07) is 8.48. The van der Waals surface area contributed by atoms with Gasteiger partial charge in [-0.15, -0.1) is 0 Å². The number of aromatic nitrogens is 1. The summed E-state index contributed by atoms with van der Waals surface area (Å²) >= 11 is 0. The fraction of sp³-hybridized carbons (Fsp3) is 0.267. The molecular weight excluding hydrogens is 240 g/mol. The zero-order chi connectivity index (χ0) is 13.7. The maximum Gasteiger partial charge on any atom is 0.120 e. The largest absolute Gasteiger partial charge is 0.508 e. The van der Waals surface area contributed by atoms with Gasteiger partial charge in [-0.1, -0.05) is 6.07 Å². The summed E-state index contributed by atoms with van der Waals surface area (Å²) in [6.45, 7) is 2.74. The summed E-state index contributed by atoms with van der Waals surface area (Å²) in [6.07, 6.45) is 4.47. The van der Waals surface area contributed by atoms with Crippen molar-refractivity contribution in [2.45, 2.75) is 19.4 Å². The predicted molar refractivity (Wildman–Crippen MR) is 74.1 cm³/mol. The van der Waals surface area contributed by atoms with E-state index in [2.05, 4.69) is 10.3 Å². The second kappa shape index (κ2) is 6.20. The van der Waals surface area contributed by atoms with Crippen LogP contribution < -0.4 is 5.32 Å². The van der Waals surface area contributed by atoms with Crippen LogP contribution in [0.25, 0.3) is 0 Å². The number of benzene rings is 1. The number of hydrogen-bond acceptors (Lipinski definition) is 4. The maximum absolute atomic E-state index is 9.76. The van der Waals surface area contributed by atoms with Gasteiger partial charge in [-0.05, 0) is 49.7 Å². The average molecular weight is 258 g/mol. The first-order valence-electron chi connectivity index (χ1n) is 6.31. The second-order valence-corrected chi connectivity index (χ2v) is 4.53. The Labute approximate surface area is 112 Å². The molecule has 0 aliphatic heterocycles. The van der Waals surface area contributed by atoms with Gasteiger partial charge >= 0.3 is 0 Å². The van der Waals surface area contributed by atoms with Gasteiger partial charge in [0.05, 0.1) is 0 Å². The minimum Gasteiger partial charge on any atom is -0.508 e. The molecule has 0 aliphatic carbocycles. The lowest BCUT2D eigenvalue weighted by atomic mass is 10.1. The Morgan fingerprint density at radius 3 is 2.84 bits per heavy atom. The zero-order valence-electron chi connectivity index (χ0n) is 10.9. The summed E-state index contributed by atoms with van der Waals surface area (Å²) in [5, 5.41) is 22.5. The van der Waals surface area contributed by atoms with Crippen molar-refractivity contribution in [3.8, 4) is 11.5 Å². The van der Waals surface area contributed by atoms with Crippen molar-refractivity contribution >= 4 is 0 Å². The van der Waals surface area contributed by atoms with E-state index in [9.17, 15) is 10.2 Å². The number of phenols is 2. The number of phenolic OH excluding ortho intramolecular Hbond substituents is 2. The number of hydrogen-bond donors (Lipinski definition) is 3. The molecule has 0 amide bonds. The average Bonchev–Trinajstić information content (AvgIpc) is 2.42. The summed E-state index contributed by atoms with van der Waals surface area (Å²) < 4.78 is 0. The fourth-order valence-corrected chi connectivity index (χ4v) is 1.98. The number of pyridine rings is 1. The third-order valence-electron chi connectivity index (χ3n) is 3.06. The molecule has 0 fully saturated rings. The highest BCUT2D eigenvalue weighted by atomic mass is 16.3. The first kappa shape index (κ1) is 13.4. The zero-order valence-corrected chi connectivity index (χ0v) is 10.9. The smallest absolute Gasteiger partial charge is 0.120 e. The van der Waals surface area contributed by atoms with Crippen molar-refractivity contribution in [1.29, 1.82) is 0 Å². The molecule has 0 saturated heterocycles. The number of rotatable bonds is 5. The highest BCUT2D eigenvalue weighted by molar-refractivity contribution is 5.40. The van der Waals surface area contributed by atoms with Crippen LogP contribution in [0.1, 0.15) is 24.1 Å². The van der Waals surface area contributed by atoms with Crippen LogP contribution in [0.2, 0.25) is 0 Å². The number of nitrogens with zero attached hydrogens (tertiary/aromatic N) is 1. The molecule has 2 rings (SSSR count). The summed E-state index contributed by atoms with van der Waals surface area (Å²) in [4.78, 5) is 4.07. The Kier molecular flexibility index (Phi) is 4.36. The van der Waals surface area contributed by atoms with E-state index >= 15 is 0 Å². The summed E-state index contributed by atoms with van der Waals surface area (Å²) in [5.74, 6) is 0.355. The van der Waals surface area contributed by atoms with Gasteiger partial charge in [0, 0.05) is 24.0 Å². The van der Waals surface area contributed by atoms with Crippen LogP contribution in [0.3, 0.4) is 0 Å². The van der Waals surface area contributed by atoms with E-state index in [1.54, 1.807) is 12.3 Å². The molecule has 1 heterocycles. The quantitative estimate of drug-likeness (QED) is 0.720. The standard InChI is InChI=1S/C15H18N2O2/c1-11(14-9-13(18)4-5-15(14)19)17-8-6-12-3-2-7-16-10-12/h2-5,7,9-11,17-19H,6,8H2,1H3. The Hall–Kier alpha value is -2.07. The first-order valence-corrected chi connectivity index (χ1v) is 6.31. The van der Waals surface area contributed by atoms with Crippen molar-refractivity contribution in [3.05, 3.63) is 53.9 Å². The first-order chi connectivity index (χ1) is 9.16. The van der Waals surface area contributed by atoms with Crippen molar-refractivity contribution in [1.82, 2.24) is 10.3 Å². The van der Waals surface area contributed by atoms with Crippen LogP contribution in [0.4, 0.5) is 0 Å². The van der Waals surface area contributed by atoms with Crippen LogP contribution >= 0.6 is 0 Å². The van der Waals surface area contributed by atoms with Gasteiger partial charge < -0.3 is 15.5 Å². The van der Waals surface area contributed by atoms with Crippen molar-refractivity contribution in [2.24, 2.45) is 0 Å². The molecule has 4 nitrogen and oxygen atoms in total. The normalized spacial score (nSPS) is 12.3. The van der Waals surface area contributed by atoms with Crippen LogP contribution in [-0.2, 0) is 6.42 Å². The molecule has 0 spiro atoms. The molecule has 1 atom stereocenters. The Morgan fingerprint density at radius 1 is 1.26 bits per heavy atom. The van der Waals surface area contributed by atoms with E-state index < -0.39 is 0 Å². The summed E-state index contributed by atoms with van der Waals surface area (Å²) in [7, 11) is 0. The Morgan fingerprint density at radius 2 is 2.11 bits per heavy atom. The van der Waals surface area contributed by atoms with E-state index in [0.29, 0.717) is 5.56 Å². The highest BCUT2D eigenvalue weighted by Crippen LogP contribution is 2.27. The monoisotopic (exact) mass is 258 g/mol. The lowest BCUT2D eigenvalue weighted by Gasteiger charge is -2.15. The lowest BCUT2D eigenvalue weighted by molar-refractivity contribution is 0.441. The van der Waals surface area contributed by atoms with Gasteiger partial charge in [-0.25, -0.2) is 0 Å². The molecule has 0 saturated carbocycles. The minimum absolute atomic E-state index is 0.0243. The Bertz CT molecular complexity index is 529. The molecule has 100 valence electrons. The van der Waals surface area contributed by atoms with Crippen molar-refractivity contribution in [2.75, 3.05) is 6.54 Å². The number of aromatic hydroxyl groups is 2. The van der Waals surface area contributed by atoms with E-state index in [1.165, 1.54) is 17.7 Å². The molecular formula is C15H18N2O2. The third kappa shape index (κ3) is 3.69. The van der Waals surface area contributed by atoms with Crippen LogP contribution in [0.5, 0.6) is 11.5 Å². The van der Waals surface area contributed by atoms with E-state index in [4.69, 9.17) is 0 Å². The van der Waals surface area contributed by atoms with Gasteiger partial charge in [0.15, 0.2) is 0 Å². The fourth-order valence-electron chi connectivity index (χ4n) is 1.98. The molecule has 19 heavy (non-hydrogen) atoms. The molecule has 3 N–H and O–H groups in total. The molecule has 0 radical (unpaired) electrons. The maximum atomic E-state index is 9.76. The lowest BCUT2D eigenvalue weighted by Crippen LogP contribution is -2.21.